The fraction of sp³-hybridized carbons (Fsp3) is 0.714. The van der Waals surface area contributed by atoms with E-state index in [9.17, 15) is 8.42 Å². The van der Waals surface area contributed by atoms with Gasteiger partial charge in [-0.2, -0.15) is 0 Å². The van der Waals surface area contributed by atoms with Gasteiger partial charge in [-0.05, 0) is 81.8 Å². The van der Waals surface area contributed by atoms with Crippen LogP contribution < -0.4 is 9.46 Å². The van der Waals surface area contributed by atoms with E-state index < -0.39 is 10.0 Å². The van der Waals surface area contributed by atoms with E-state index in [0.29, 0.717) is 30.0 Å². The number of nitrogens with zero attached hydrogens (tertiary/aromatic N) is 1. The molecule has 0 saturated carbocycles. The van der Waals surface area contributed by atoms with E-state index in [4.69, 9.17) is 9.47 Å². The van der Waals surface area contributed by atoms with Gasteiger partial charge in [0.25, 0.3) is 0 Å². The van der Waals surface area contributed by atoms with Crippen LogP contribution in [0.3, 0.4) is 0 Å². The molecule has 158 valence electrons. The molecule has 1 aromatic carbocycles. The third-order valence-corrected chi connectivity index (χ3v) is 7.26. The molecule has 0 unspecified atom stereocenters. The third kappa shape index (κ3) is 5.69. The van der Waals surface area contributed by atoms with Gasteiger partial charge in [0.05, 0.1) is 11.5 Å². The smallest absolute Gasteiger partial charge is 0.240 e. The van der Waals surface area contributed by atoms with Crippen LogP contribution in [0, 0.1) is 12.8 Å². The van der Waals surface area contributed by atoms with Gasteiger partial charge in [-0.3, -0.25) is 0 Å². The summed E-state index contributed by atoms with van der Waals surface area (Å²) in [7, 11) is -3.49. The summed E-state index contributed by atoms with van der Waals surface area (Å²) in [5, 5.41) is 0. The third-order valence-electron chi connectivity index (χ3n) is 5.84. The van der Waals surface area contributed by atoms with Crippen LogP contribution in [0.1, 0.15) is 44.6 Å². The minimum Gasteiger partial charge on any atom is -0.493 e. The van der Waals surface area contributed by atoms with Crippen LogP contribution in [0.2, 0.25) is 0 Å². The first-order chi connectivity index (χ1) is 13.5. The molecule has 0 bridgehead atoms. The Bertz CT molecular complexity index is 724. The average Bonchev–Trinajstić information content (AvgIpc) is 2.72. The molecule has 0 aliphatic carbocycles. The predicted octanol–water partition coefficient (Wildman–Crippen LogP) is 2.95. The molecule has 28 heavy (non-hydrogen) atoms. The lowest BCUT2D eigenvalue weighted by Gasteiger charge is -2.39. The Labute approximate surface area is 169 Å². The highest BCUT2D eigenvalue weighted by Gasteiger charge is 2.27. The summed E-state index contributed by atoms with van der Waals surface area (Å²) in [5.74, 6) is 1.15. The molecule has 0 radical (unpaired) electrons. The first-order valence-electron chi connectivity index (χ1n) is 10.5. The van der Waals surface area contributed by atoms with Crippen molar-refractivity contribution < 1.29 is 17.9 Å². The molecule has 3 rings (SSSR count). The maximum absolute atomic E-state index is 12.7. The summed E-state index contributed by atoms with van der Waals surface area (Å²) in [6.07, 6.45) is 5.25. The quantitative estimate of drug-likeness (QED) is 0.714. The maximum atomic E-state index is 12.7. The molecule has 0 atom stereocenters. The van der Waals surface area contributed by atoms with E-state index in [0.717, 1.165) is 69.7 Å². The van der Waals surface area contributed by atoms with E-state index in [2.05, 4.69) is 9.62 Å². The number of hydrogen-bond donors (Lipinski definition) is 1. The van der Waals surface area contributed by atoms with Gasteiger partial charge in [-0.25, -0.2) is 13.1 Å². The SMILES string of the molecule is CCCOc1ccc(S(=O)(=O)NCC2CCN(C3CCOCC3)CC2)cc1C. The van der Waals surface area contributed by atoms with Crippen LogP contribution in [0.5, 0.6) is 5.75 Å². The summed E-state index contributed by atoms with van der Waals surface area (Å²) in [5.41, 5.74) is 0.848. The molecular weight excluding hydrogens is 376 g/mol. The second kappa shape index (κ2) is 10.1. The van der Waals surface area contributed by atoms with Gasteiger partial charge >= 0.3 is 0 Å². The molecule has 0 amide bonds. The van der Waals surface area contributed by atoms with Crippen LogP contribution in [0.25, 0.3) is 0 Å². The number of likely N-dealkylation sites (tertiary alicyclic amines) is 1. The molecule has 7 heteroatoms. The minimum atomic E-state index is -3.49. The Morgan fingerprint density at radius 2 is 1.89 bits per heavy atom. The monoisotopic (exact) mass is 410 g/mol. The van der Waals surface area contributed by atoms with Crippen LogP contribution in [-0.2, 0) is 14.8 Å². The molecule has 0 aromatic heterocycles. The van der Waals surface area contributed by atoms with Crippen molar-refractivity contribution in [2.75, 3.05) is 39.5 Å². The molecule has 1 aromatic rings. The number of benzene rings is 1. The molecule has 2 aliphatic rings. The summed E-state index contributed by atoms with van der Waals surface area (Å²) in [6, 6.07) is 5.73. The normalized spacial score (nSPS) is 20.4. The molecule has 1 N–H and O–H groups in total. The van der Waals surface area contributed by atoms with E-state index in [-0.39, 0.29) is 0 Å². The van der Waals surface area contributed by atoms with Gasteiger partial charge < -0.3 is 14.4 Å². The summed E-state index contributed by atoms with van der Waals surface area (Å²) in [6.45, 7) is 8.93. The summed E-state index contributed by atoms with van der Waals surface area (Å²) in [4.78, 5) is 2.87. The zero-order valence-electron chi connectivity index (χ0n) is 17.2. The number of piperidine rings is 1. The van der Waals surface area contributed by atoms with E-state index >= 15 is 0 Å². The lowest BCUT2D eigenvalue weighted by atomic mass is 9.94. The molecule has 2 fully saturated rings. The van der Waals surface area contributed by atoms with Crippen molar-refractivity contribution in [1.29, 1.82) is 0 Å². The molecule has 2 saturated heterocycles. The van der Waals surface area contributed by atoms with Crippen molar-refractivity contribution in [3.8, 4) is 5.75 Å². The average molecular weight is 411 g/mol. The first-order valence-corrected chi connectivity index (χ1v) is 12.0. The van der Waals surface area contributed by atoms with Crippen LogP contribution in [0.4, 0.5) is 0 Å². The van der Waals surface area contributed by atoms with Crippen LogP contribution >= 0.6 is 0 Å². The zero-order valence-corrected chi connectivity index (χ0v) is 18.0. The fourth-order valence-electron chi connectivity index (χ4n) is 4.05. The van der Waals surface area contributed by atoms with E-state index in [1.165, 1.54) is 0 Å². The largest absolute Gasteiger partial charge is 0.493 e. The second-order valence-electron chi connectivity index (χ2n) is 7.95. The molecule has 2 aliphatic heterocycles. The lowest BCUT2D eigenvalue weighted by Crippen LogP contribution is -2.45. The van der Waals surface area contributed by atoms with Gasteiger partial charge in [-0.15, -0.1) is 0 Å². The number of nitrogens with one attached hydrogen (secondary N) is 1. The van der Waals surface area contributed by atoms with Crippen molar-refractivity contribution in [3.05, 3.63) is 23.8 Å². The Kier molecular flexibility index (Phi) is 7.74. The van der Waals surface area contributed by atoms with Gasteiger partial charge in [0, 0.05) is 25.8 Å². The first kappa shape index (κ1) is 21.6. The highest BCUT2D eigenvalue weighted by atomic mass is 32.2. The van der Waals surface area contributed by atoms with Gasteiger partial charge in [0.15, 0.2) is 0 Å². The summed E-state index contributed by atoms with van der Waals surface area (Å²) >= 11 is 0. The summed E-state index contributed by atoms with van der Waals surface area (Å²) < 4.78 is 39.3. The Morgan fingerprint density at radius 1 is 1.18 bits per heavy atom. The van der Waals surface area contributed by atoms with E-state index in [1.807, 2.05) is 13.8 Å². The number of aryl methyl sites for hydroxylation is 1. The molecule has 0 spiro atoms. The highest BCUT2D eigenvalue weighted by molar-refractivity contribution is 7.89. The van der Waals surface area contributed by atoms with Gasteiger partial charge in [0.1, 0.15) is 5.75 Å². The zero-order chi connectivity index (χ0) is 20.0. The van der Waals surface area contributed by atoms with Gasteiger partial charge in [-0.1, -0.05) is 6.92 Å². The van der Waals surface area contributed by atoms with Crippen molar-refractivity contribution >= 4 is 10.0 Å². The number of ether oxygens (including phenoxy) is 2. The van der Waals surface area contributed by atoms with Crippen molar-refractivity contribution in [2.24, 2.45) is 5.92 Å². The van der Waals surface area contributed by atoms with Crippen molar-refractivity contribution in [1.82, 2.24) is 9.62 Å². The molecular formula is C21H34N2O4S. The lowest BCUT2D eigenvalue weighted by molar-refractivity contribution is 0.0214. The van der Waals surface area contributed by atoms with Crippen molar-refractivity contribution in [3.63, 3.8) is 0 Å². The standard InChI is InChI=1S/C21H34N2O4S/c1-3-12-27-21-5-4-20(15-17(21)2)28(24,25)22-16-18-6-10-23(11-7-18)19-8-13-26-14-9-19/h4-5,15,18-19,22H,3,6-14,16H2,1-2H3. The predicted molar refractivity (Wildman–Crippen MR) is 110 cm³/mol. The number of hydrogen-bond acceptors (Lipinski definition) is 5. The van der Waals surface area contributed by atoms with Gasteiger partial charge in [0.2, 0.25) is 10.0 Å². The highest BCUT2D eigenvalue weighted by Crippen LogP contribution is 2.24. The number of rotatable bonds is 8. The number of sulfonamides is 1. The molecule has 6 nitrogen and oxygen atoms in total. The molecule has 2 heterocycles. The minimum absolute atomic E-state index is 0.313. The van der Waals surface area contributed by atoms with Crippen molar-refractivity contribution in [2.45, 2.75) is 56.9 Å². The topological polar surface area (TPSA) is 67.9 Å². The Morgan fingerprint density at radius 3 is 2.54 bits per heavy atom. The Balaban J connectivity index is 1.49. The second-order valence-corrected chi connectivity index (χ2v) is 9.72. The fourth-order valence-corrected chi connectivity index (χ4v) is 5.25. The maximum Gasteiger partial charge on any atom is 0.240 e. The Hall–Kier alpha value is -1.15. The van der Waals surface area contributed by atoms with Crippen LogP contribution in [-0.4, -0.2) is 58.8 Å². The van der Waals surface area contributed by atoms with E-state index in [1.54, 1.807) is 18.2 Å². The van der Waals surface area contributed by atoms with Crippen LogP contribution in [0.15, 0.2) is 23.1 Å².